The molecular formula is C13H12ClFN2O3S. The van der Waals surface area contributed by atoms with E-state index in [1.54, 1.807) is 6.07 Å². The van der Waals surface area contributed by atoms with Crippen LogP contribution in [0.4, 0.5) is 15.8 Å². The van der Waals surface area contributed by atoms with Crippen molar-refractivity contribution in [2.45, 2.75) is 4.90 Å². The highest BCUT2D eigenvalue weighted by Gasteiger charge is 2.20. The molecule has 0 saturated carbocycles. The molecule has 0 aliphatic carbocycles. The summed E-state index contributed by atoms with van der Waals surface area (Å²) in [7, 11) is -2.70. The second-order valence-corrected chi connectivity index (χ2v) is 6.20. The molecule has 0 spiro atoms. The van der Waals surface area contributed by atoms with Gasteiger partial charge in [-0.25, -0.2) is 12.8 Å². The van der Waals surface area contributed by atoms with Crippen LogP contribution >= 0.6 is 11.6 Å². The third-order valence-electron chi connectivity index (χ3n) is 2.66. The lowest BCUT2D eigenvalue weighted by Gasteiger charge is -2.11. The van der Waals surface area contributed by atoms with Gasteiger partial charge < -0.3 is 10.5 Å². The molecule has 2 rings (SSSR count). The average Bonchev–Trinajstić information content (AvgIpc) is 2.40. The Morgan fingerprint density at radius 1 is 1.24 bits per heavy atom. The van der Waals surface area contributed by atoms with Crippen LogP contribution in [-0.2, 0) is 10.0 Å². The van der Waals surface area contributed by atoms with Crippen molar-refractivity contribution in [1.82, 2.24) is 0 Å². The standard InChI is InChI=1S/C13H12ClFN2O3S/c1-20-9-3-4-10(14)12(7-9)17-21(18,19)13-5-2-8(16)6-11(13)15/h2-7,17H,16H2,1H3. The highest BCUT2D eigenvalue weighted by Crippen LogP contribution is 2.29. The zero-order chi connectivity index (χ0) is 15.6. The molecule has 8 heteroatoms. The molecule has 2 aromatic carbocycles. The quantitative estimate of drug-likeness (QED) is 0.845. The molecule has 0 aliphatic heterocycles. The van der Waals surface area contributed by atoms with Crippen molar-refractivity contribution in [3.8, 4) is 5.75 Å². The molecule has 0 unspecified atom stereocenters. The van der Waals surface area contributed by atoms with Crippen LogP contribution in [0, 0.1) is 5.82 Å². The zero-order valence-corrected chi connectivity index (χ0v) is 12.5. The number of anilines is 2. The van der Waals surface area contributed by atoms with Gasteiger partial charge in [-0.15, -0.1) is 0 Å². The number of rotatable bonds is 4. The molecule has 112 valence electrons. The summed E-state index contributed by atoms with van der Waals surface area (Å²) in [6, 6.07) is 7.75. The third-order valence-corrected chi connectivity index (χ3v) is 4.39. The highest BCUT2D eigenvalue weighted by molar-refractivity contribution is 7.92. The summed E-state index contributed by atoms with van der Waals surface area (Å²) in [6.45, 7) is 0. The smallest absolute Gasteiger partial charge is 0.264 e. The summed E-state index contributed by atoms with van der Waals surface area (Å²) in [5.41, 5.74) is 5.61. The first kappa shape index (κ1) is 15.4. The maximum atomic E-state index is 13.7. The van der Waals surface area contributed by atoms with Crippen molar-refractivity contribution in [3.05, 3.63) is 47.2 Å². The molecule has 0 fully saturated rings. The van der Waals surface area contributed by atoms with Gasteiger partial charge in [-0.2, -0.15) is 0 Å². The molecule has 0 radical (unpaired) electrons. The van der Waals surface area contributed by atoms with Crippen molar-refractivity contribution in [2.75, 3.05) is 17.6 Å². The SMILES string of the molecule is COc1ccc(Cl)c(NS(=O)(=O)c2ccc(N)cc2F)c1. The Bertz CT molecular complexity index is 781. The first-order chi connectivity index (χ1) is 9.83. The molecule has 5 nitrogen and oxygen atoms in total. The van der Waals surface area contributed by atoms with Crippen molar-refractivity contribution < 1.29 is 17.5 Å². The monoisotopic (exact) mass is 330 g/mol. The number of nitrogens with one attached hydrogen (secondary N) is 1. The van der Waals surface area contributed by atoms with E-state index in [4.69, 9.17) is 22.1 Å². The minimum Gasteiger partial charge on any atom is -0.497 e. The Morgan fingerprint density at radius 3 is 2.57 bits per heavy atom. The number of sulfonamides is 1. The normalized spacial score (nSPS) is 11.2. The molecule has 2 aromatic rings. The third kappa shape index (κ3) is 3.37. The van der Waals surface area contributed by atoms with Gasteiger partial charge in [0.1, 0.15) is 16.5 Å². The summed E-state index contributed by atoms with van der Waals surface area (Å²) < 4.78 is 45.3. The van der Waals surface area contributed by atoms with E-state index in [0.717, 1.165) is 12.1 Å². The molecule has 0 aliphatic rings. The molecule has 3 N–H and O–H groups in total. The van der Waals surface area contributed by atoms with Crippen LogP contribution in [0.3, 0.4) is 0 Å². The summed E-state index contributed by atoms with van der Waals surface area (Å²) in [5.74, 6) is -0.531. The second kappa shape index (κ2) is 5.79. The highest BCUT2D eigenvalue weighted by atomic mass is 35.5. The van der Waals surface area contributed by atoms with E-state index < -0.39 is 20.7 Å². The Morgan fingerprint density at radius 2 is 1.95 bits per heavy atom. The van der Waals surface area contributed by atoms with E-state index in [1.165, 1.54) is 25.3 Å². The second-order valence-electron chi connectivity index (χ2n) is 4.14. The molecule has 0 bridgehead atoms. The van der Waals surface area contributed by atoms with Crippen LogP contribution in [0.5, 0.6) is 5.75 Å². The topological polar surface area (TPSA) is 81.4 Å². The minimum absolute atomic E-state index is 0.0900. The molecule has 0 heterocycles. The summed E-state index contributed by atoms with van der Waals surface area (Å²) >= 11 is 5.92. The van der Waals surface area contributed by atoms with E-state index in [9.17, 15) is 12.8 Å². The summed E-state index contributed by atoms with van der Waals surface area (Å²) in [4.78, 5) is -0.518. The maximum Gasteiger partial charge on any atom is 0.264 e. The lowest BCUT2D eigenvalue weighted by molar-refractivity contribution is 0.415. The average molecular weight is 331 g/mol. The number of nitrogens with two attached hydrogens (primary N) is 1. The van der Waals surface area contributed by atoms with Crippen molar-refractivity contribution >= 4 is 33.0 Å². The number of ether oxygens (including phenoxy) is 1. The van der Waals surface area contributed by atoms with Crippen molar-refractivity contribution in [1.29, 1.82) is 0 Å². The predicted molar refractivity (Wildman–Crippen MR) is 79.6 cm³/mol. The fraction of sp³-hybridized carbons (Fsp3) is 0.0769. The molecule has 21 heavy (non-hydrogen) atoms. The lowest BCUT2D eigenvalue weighted by atomic mass is 10.3. The largest absolute Gasteiger partial charge is 0.497 e. The number of halogens is 2. The van der Waals surface area contributed by atoms with Gasteiger partial charge in [0.2, 0.25) is 0 Å². The van der Waals surface area contributed by atoms with Gasteiger partial charge in [0.15, 0.2) is 0 Å². The van der Waals surface area contributed by atoms with E-state index in [0.29, 0.717) is 5.75 Å². The van der Waals surface area contributed by atoms with Gasteiger partial charge in [0.25, 0.3) is 10.0 Å². The van der Waals surface area contributed by atoms with Gasteiger partial charge in [0, 0.05) is 11.8 Å². The Labute approximate surface area is 126 Å². The first-order valence-corrected chi connectivity index (χ1v) is 7.61. The number of nitrogen functional groups attached to an aromatic ring is 1. The van der Waals surface area contributed by atoms with Crippen LogP contribution < -0.4 is 15.2 Å². The number of benzene rings is 2. The molecule has 0 saturated heterocycles. The summed E-state index contributed by atoms with van der Waals surface area (Å²) in [5, 5.41) is 0.162. The number of methoxy groups -OCH3 is 1. The fourth-order valence-electron chi connectivity index (χ4n) is 1.64. The van der Waals surface area contributed by atoms with Gasteiger partial charge in [0.05, 0.1) is 17.8 Å². The Kier molecular flexibility index (Phi) is 4.24. The van der Waals surface area contributed by atoms with Crippen LogP contribution in [0.15, 0.2) is 41.3 Å². The molecular weight excluding hydrogens is 319 g/mol. The Balaban J connectivity index is 2.42. The van der Waals surface area contributed by atoms with Crippen molar-refractivity contribution in [3.63, 3.8) is 0 Å². The van der Waals surface area contributed by atoms with Crippen LogP contribution in [0.25, 0.3) is 0 Å². The number of hydrogen-bond donors (Lipinski definition) is 2. The minimum atomic E-state index is -4.13. The molecule has 0 atom stereocenters. The van der Waals surface area contributed by atoms with Gasteiger partial charge >= 0.3 is 0 Å². The van der Waals surface area contributed by atoms with Gasteiger partial charge in [-0.3, -0.25) is 4.72 Å². The fourth-order valence-corrected chi connectivity index (χ4v) is 3.00. The number of hydrogen-bond acceptors (Lipinski definition) is 4. The van der Waals surface area contributed by atoms with E-state index >= 15 is 0 Å². The van der Waals surface area contributed by atoms with E-state index in [2.05, 4.69) is 4.72 Å². The van der Waals surface area contributed by atoms with Crippen LogP contribution in [0.1, 0.15) is 0 Å². The lowest BCUT2D eigenvalue weighted by Crippen LogP contribution is -2.15. The van der Waals surface area contributed by atoms with Crippen LogP contribution in [-0.4, -0.2) is 15.5 Å². The molecule has 0 aromatic heterocycles. The molecule has 0 amide bonds. The van der Waals surface area contributed by atoms with Gasteiger partial charge in [-0.1, -0.05) is 11.6 Å². The van der Waals surface area contributed by atoms with Gasteiger partial charge in [-0.05, 0) is 30.3 Å². The first-order valence-electron chi connectivity index (χ1n) is 5.75. The zero-order valence-electron chi connectivity index (χ0n) is 10.9. The van der Waals surface area contributed by atoms with Crippen LogP contribution in [0.2, 0.25) is 5.02 Å². The Hall–Kier alpha value is -1.99. The predicted octanol–water partition coefficient (Wildman–Crippen LogP) is 2.87. The summed E-state index contributed by atoms with van der Waals surface area (Å²) in [6.07, 6.45) is 0. The van der Waals surface area contributed by atoms with E-state index in [1.807, 2.05) is 0 Å². The van der Waals surface area contributed by atoms with E-state index in [-0.39, 0.29) is 16.4 Å². The maximum absolute atomic E-state index is 13.7. The van der Waals surface area contributed by atoms with Crippen molar-refractivity contribution in [2.24, 2.45) is 0 Å².